The van der Waals surface area contributed by atoms with Crippen LogP contribution in [0.1, 0.15) is 5.82 Å². The molecule has 0 bridgehead atoms. The molecular weight excluding hydrogens is 362 g/mol. The molecule has 0 spiro atoms. The van der Waals surface area contributed by atoms with Crippen molar-refractivity contribution in [2.45, 2.75) is 6.54 Å². The van der Waals surface area contributed by atoms with E-state index in [1.54, 1.807) is 12.1 Å². The largest absolute Gasteiger partial charge is 0.330 e. The third-order valence-corrected chi connectivity index (χ3v) is 5.22. The first-order valence-corrected chi connectivity index (χ1v) is 9.42. The van der Waals surface area contributed by atoms with Crippen LogP contribution in [0.15, 0.2) is 48.5 Å². The average Bonchev–Trinajstić information content (AvgIpc) is 2.98. The molecule has 1 saturated heterocycles. The van der Waals surface area contributed by atoms with Gasteiger partial charge >= 0.3 is 6.03 Å². The molecular formula is C20H22ClN5O. The van der Waals surface area contributed by atoms with Crippen LogP contribution in [0.3, 0.4) is 0 Å². The smallest absolute Gasteiger partial charge is 0.321 e. The normalized spacial score (nSPS) is 15.3. The van der Waals surface area contributed by atoms with Gasteiger partial charge in [0.05, 0.1) is 17.6 Å². The Kier molecular flexibility index (Phi) is 5.01. The summed E-state index contributed by atoms with van der Waals surface area (Å²) in [6.07, 6.45) is 0. The zero-order valence-electron chi connectivity index (χ0n) is 15.2. The van der Waals surface area contributed by atoms with Crippen molar-refractivity contribution < 1.29 is 4.79 Å². The number of anilines is 1. The first kappa shape index (κ1) is 17.8. The number of hydrogen-bond donors (Lipinski definition) is 1. The first-order chi connectivity index (χ1) is 13.1. The zero-order valence-corrected chi connectivity index (χ0v) is 16.0. The van der Waals surface area contributed by atoms with Crippen molar-refractivity contribution in [1.82, 2.24) is 19.4 Å². The number of carbonyl (C=O) groups is 1. The molecule has 0 atom stereocenters. The second-order valence-electron chi connectivity index (χ2n) is 6.78. The van der Waals surface area contributed by atoms with Crippen LogP contribution in [0, 0.1) is 0 Å². The number of nitrogens with one attached hydrogen (secondary N) is 1. The number of amides is 2. The topological polar surface area (TPSA) is 53.4 Å². The standard InChI is InChI=1S/C20H22ClN5O/c1-24-18-8-3-2-7-17(18)23-19(24)14-25-9-11-26(12-10-25)20(27)22-16-6-4-5-15(21)13-16/h2-8,13H,9-12,14H2,1H3,(H,22,27). The molecule has 7 heteroatoms. The van der Waals surface area contributed by atoms with Crippen LogP contribution in [0.25, 0.3) is 11.0 Å². The molecule has 1 fully saturated rings. The van der Waals surface area contributed by atoms with E-state index in [9.17, 15) is 4.79 Å². The van der Waals surface area contributed by atoms with Crippen LogP contribution in [0.2, 0.25) is 5.02 Å². The molecule has 2 aromatic carbocycles. The summed E-state index contributed by atoms with van der Waals surface area (Å²) in [6, 6.07) is 15.3. The molecule has 0 radical (unpaired) electrons. The lowest BCUT2D eigenvalue weighted by atomic mass is 10.3. The van der Waals surface area contributed by atoms with Gasteiger partial charge in [0.1, 0.15) is 5.82 Å². The summed E-state index contributed by atoms with van der Waals surface area (Å²) in [4.78, 5) is 21.4. The maximum absolute atomic E-state index is 12.5. The number of para-hydroxylation sites is 2. The van der Waals surface area contributed by atoms with Gasteiger partial charge in [0.2, 0.25) is 0 Å². The lowest BCUT2D eigenvalue weighted by molar-refractivity contribution is 0.140. The summed E-state index contributed by atoms with van der Waals surface area (Å²) in [5.41, 5.74) is 2.89. The summed E-state index contributed by atoms with van der Waals surface area (Å²) in [5, 5.41) is 3.52. The second-order valence-corrected chi connectivity index (χ2v) is 7.22. The summed E-state index contributed by atoms with van der Waals surface area (Å²) >= 11 is 5.97. The lowest BCUT2D eigenvalue weighted by Gasteiger charge is -2.34. The molecule has 1 aliphatic rings. The van der Waals surface area contributed by atoms with Gasteiger partial charge in [-0.15, -0.1) is 0 Å². The summed E-state index contributed by atoms with van der Waals surface area (Å²) < 4.78 is 2.15. The molecule has 1 aliphatic heterocycles. The molecule has 27 heavy (non-hydrogen) atoms. The Morgan fingerprint density at radius 1 is 1.11 bits per heavy atom. The quantitative estimate of drug-likeness (QED) is 0.752. The Balaban J connectivity index is 1.34. The maximum Gasteiger partial charge on any atom is 0.321 e. The van der Waals surface area contributed by atoms with E-state index in [0.29, 0.717) is 18.1 Å². The number of urea groups is 1. The Labute approximate surface area is 163 Å². The molecule has 3 aromatic rings. The first-order valence-electron chi connectivity index (χ1n) is 9.04. The number of nitrogens with zero attached hydrogens (tertiary/aromatic N) is 4. The van der Waals surface area contributed by atoms with Crippen LogP contribution in [-0.2, 0) is 13.6 Å². The van der Waals surface area contributed by atoms with E-state index in [4.69, 9.17) is 16.6 Å². The number of halogens is 1. The molecule has 2 heterocycles. The number of aryl methyl sites for hydroxylation is 1. The molecule has 0 unspecified atom stereocenters. The van der Waals surface area contributed by atoms with Crippen molar-refractivity contribution in [3.8, 4) is 0 Å². The van der Waals surface area contributed by atoms with Crippen molar-refractivity contribution in [3.63, 3.8) is 0 Å². The predicted octanol–water partition coefficient (Wildman–Crippen LogP) is 3.58. The van der Waals surface area contributed by atoms with E-state index >= 15 is 0 Å². The summed E-state index contributed by atoms with van der Waals surface area (Å²) in [7, 11) is 2.05. The third-order valence-electron chi connectivity index (χ3n) is 4.98. The molecule has 4 rings (SSSR count). The molecule has 1 N–H and O–H groups in total. The average molecular weight is 384 g/mol. The Bertz CT molecular complexity index is 962. The summed E-state index contributed by atoms with van der Waals surface area (Å²) in [5.74, 6) is 1.05. The van der Waals surface area contributed by atoms with Gasteiger partial charge in [-0.2, -0.15) is 0 Å². The lowest BCUT2D eigenvalue weighted by Crippen LogP contribution is -2.49. The number of carbonyl (C=O) groups excluding carboxylic acids is 1. The second kappa shape index (κ2) is 7.58. The minimum absolute atomic E-state index is 0.0837. The number of piperazine rings is 1. The highest BCUT2D eigenvalue weighted by Crippen LogP contribution is 2.18. The third kappa shape index (κ3) is 3.91. The van der Waals surface area contributed by atoms with Gasteiger partial charge in [-0.3, -0.25) is 4.90 Å². The minimum Gasteiger partial charge on any atom is -0.330 e. The van der Waals surface area contributed by atoms with Gasteiger partial charge in [-0.1, -0.05) is 29.8 Å². The van der Waals surface area contributed by atoms with E-state index in [1.807, 2.05) is 35.2 Å². The molecule has 0 saturated carbocycles. The van der Waals surface area contributed by atoms with E-state index in [-0.39, 0.29) is 6.03 Å². The highest BCUT2D eigenvalue weighted by Gasteiger charge is 2.22. The number of benzene rings is 2. The monoisotopic (exact) mass is 383 g/mol. The van der Waals surface area contributed by atoms with Gasteiger partial charge in [0, 0.05) is 43.9 Å². The predicted molar refractivity (Wildman–Crippen MR) is 108 cm³/mol. The molecule has 6 nitrogen and oxygen atoms in total. The van der Waals surface area contributed by atoms with Crippen molar-refractivity contribution in [1.29, 1.82) is 0 Å². The van der Waals surface area contributed by atoms with E-state index in [1.165, 1.54) is 0 Å². The number of rotatable bonds is 3. The minimum atomic E-state index is -0.0837. The summed E-state index contributed by atoms with van der Waals surface area (Å²) in [6.45, 7) is 3.82. The van der Waals surface area contributed by atoms with Crippen LogP contribution < -0.4 is 5.32 Å². The number of aromatic nitrogens is 2. The van der Waals surface area contributed by atoms with Crippen LogP contribution in [-0.4, -0.2) is 51.6 Å². The van der Waals surface area contributed by atoms with Crippen molar-refractivity contribution in [2.24, 2.45) is 7.05 Å². The fraction of sp³-hybridized carbons (Fsp3) is 0.300. The number of fused-ring (bicyclic) bond motifs is 1. The van der Waals surface area contributed by atoms with Crippen molar-refractivity contribution in [3.05, 3.63) is 59.4 Å². The van der Waals surface area contributed by atoms with Gasteiger partial charge < -0.3 is 14.8 Å². The van der Waals surface area contributed by atoms with Crippen molar-refractivity contribution >= 4 is 34.4 Å². The fourth-order valence-corrected chi connectivity index (χ4v) is 3.60. The van der Waals surface area contributed by atoms with Crippen LogP contribution >= 0.6 is 11.6 Å². The van der Waals surface area contributed by atoms with Gasteiger partial charge in [0.15, 0.2) is 0 Å². The van der Waals surface area contributed by atoms with Gasteiger partial charge in [-0.25, -0.2) is 9.78 Å². The van der Waals surface area contributed by atoms with Crippen LogP contribution in [0.4, 0.5) is 10.5 Å². The molecule has 140 valence electrons. The highest BCUT2D eigenvalue weighted by molar-refractivity contribution is 6.30. The number of hydrogen-bond acceptors (Lipinski definition) is 3. The molecule has 2 amide bonds. The van der Waals surface area contributed by atoms with E-state index < -0.39 is 0 Å². The Morgan fingerprint density at radius 2 is 1.89 bits per heavy atom. The van der Waals surface area contributed by atoms with E-state index in [2.05, 4.69) is 27.9 Å². The molecule has 1 aromatic heterocycles. The fourth-order valence-electron chi connectivity index (χ4n) is 3.41. The SMILES string of the molecule is Cn1c(CN2CCN(C(=O)Nc3cccc(Cl)c3)CC2)nc2ccccc21. The van der Waals surface area contributed by atoms with Crippen molar-refractivity contribution in [2.75, 3.05) is 31.5 Å². The molecule has 0 aliphatic carbocycles. The van der Waals surface area contributed by atoms with E-state index in [0.717, 1.165) is 42.2 Å². The van der Waals surface area contributed by atoms with Crippen LogP contribution in [0.5, 0.6) is 0 Å². The maximum atomic E-state index is 12.5. The van der Waals surface area contributed by atoms with Gasteiger partial charge in [0.25, 0.3) is 0 Å². The zero-order chi connectivity index (χ0) is 18.8. The number of imidazole rings is 1. The van der Waals surface area contributed by atoms with Gasteiger partial charge in [-0.05, 0) is 30.3 Å². The Morgan fingerprint density at radius 3 is 2.63 bits per heavy atom. The Hall–Kier alpha value is -2.57. The highest BCUT2D eigenvalue weighted by atomic mass is 35.5.